The first-order chi connectivity index (χ1) is 13.1. The molecule has 6 heteroatoms. The number of aromatic carboxylic acids is 1. The van der Waals surface area contributed by atoms with Crippen molar-refractivity contribution in [1.82, 2.24) is 4.90 Å². The molecule has 0 spiro atoms. The van der Waals surface area contributed by atoms with Crippen LogP contribution < -0.4 is 9.47 Å². The normalized spacial score (nSPS) is 17.9. The Morgan fingerprint density at radius 3 is 2.78 bits per heavy atom. The lowest BCUT2D eigenvalue weighted by Gasteiger charge is -2.25. The fourth-order valence-electron chi connectivity index (χ4n) is 3.86. The topological polar surface area (TPSA) is 76.1 Å². The molecular formula is C21H21NO5. The number of hydrogen-bond acceptors (Lipinski definition) is 4. The number of amides is 1. The SMILES string of the molecule is O=C(O)c1ccccc1CCC(=O)N1CCCC1c1ccc2c(c1)OCO2. The Bertz CT molecular complexity index is 879. The van der Waals surface area contributed by atoms with E-state index in [4.69, 9.17) is 9.47 Å². The Balaban J connectivity index is 1.46. The summed E-state index contributed by atoms with van der Waals surface area (Å²) < 4.78 is 10.8. The molecule has 0 aliphatic carbocycles. The van der Waals surface area contributed by atoms with E-state index in [0.29, 0.717) is 18.4 Å². The minimum absolute atomic E-state index is 0.0294. The molecule has 27 heavy (non-hydrogen) atoms. The molecule has 2 aromatic carbocycles. The molecule has 0 aromatic heterocycles. The largest absolute Gasteiger partial charge is 0.478 e. The zero-order valence-electron chi connectivity index (χ0n) is 14.9. The maximum Gasteiger partial charge on any atom is 0.335 e. The molecule has 1 fully saturated rings. The Hall–Kier alpha value is -3.02. The number of fused-ring (bicyclic) bond motifs is 1. The van der Waals surface area contributed by atoms with Crippen molar-refractivity contribution in [3.05, 3.63) is 59.2 Å². The van der Waals surface area contributed by atoms with Gasteiger partial charge in [0.25, 0.3) is 0 Å². The predicted molar refractivity (Wildman–Crippen MR) is 98.0 cm³/mol. The number of carboxylic acid groups (broad SMARTS) is 1. The van der Waals surface area contributed by atoms with Crippen molar-refractivity contribution in [3.8, 4) is 11.5 Å². The molecule has 4 rings (SSSR count). The van der Waals surface area contributed by atoms with Gasteiger partial charge in [-0.2, -0.15) is 0 Å². The standard InChI is InChI=1S/C21H21NO5/c23-20(10-8-14-4-1-2-5-16(14)21(24)25)22-11-3-6-17(22)15-7-9-18-19(12-15)27-13-26-18/h1-2,4-5,7,9,12,17H,3,6,8,10-11,13H2,(H,24,25). The van der Waals surface area contributed by atoms with E-state index in [1.165, 1.54) is 0 Å². The molecule has 1 saturated heterocycles. The van der Waals surface area contributed by atoms with Crippen LogP contribution in [0.5, 0.6) is 11.5 Å². The van der Waals surface area contributed by atoms with Gasteiger partial charge in [0.2, 0.25) is 12.7 Å². The number of carbonyl (C=O) groups is 2. The maximum absolute atomic E-state index is 12.8. The quantitative estimate of drug-likeness (QED) is 0.876. The molecule has 0 saturated carbocycles. The second-order valence-electron chi connectivity index (χ2n) is 6.82. The van der Waals surface area contributed by atoms with Gasteiger partial charge in [0.1, 0.15) is 0 Å². The van der Waals surface area contributed by atoms with Gasteiger partial charge in [0, 0.05) is 13.0 Å². The van der Waals surface area contributed by atoms with Crippen molar-refractivity contribution >= 4 is 11.9 Å². The van der Waals surface area contributed by atoms with E-state index in [1.807, 2.05) is 23.1 Å². The lowest BCUT2D eigenvalue weighted by molar-refractivity contribution is -0.132. The number of likely N-dealkylation sites (tertiary alicyclic amines) is 1. The molecule has 2 heterocycles. The number of carbonyl (C=O) groups excluding carboxylic acids is 1. The summed E-state index contributed by atoms with van der Waals surface area (Å²) in [5, 5.41) is 9.29. The summed E-state index contributed by atoms with van der Waals surface area (Å²) in [5.74, 6) is 0.551. The van der Waals surface area contributed by atoms with Crippen molar-refractivity contribution in [1.29, 1.82) is 0 Å². The maximum atomic E-state index is 12.8. The van der Waals surface area contributed by atoms with Gasteiger partial charge in [-0.05, 0) is 48.6 Å². The first kappa shape index (κ1) is 17.4. The third-order valence-corrected chi connectivity index (χ3v) is 5.21. The second kappa shape index (κ2) is 7.31. The lowest BCUT2D eigenvalue weighted by Crippen LogP contribution is -2.30. The van der Waals surface area contributed by atoms with Crippen LogP contribution in [0.4, 0.5) is 0 Å². The van der Waals surface area contributed by atoms with E-state index in [-0.39, 0.29) is 24.3 Å². The number of aryl methyl sites for hydroxylation is 1. The Morgan fingerprint density at radius 2 is 1.93 bits per heavy atom. The van der Waals surface area contributed by atoms with Crippen LogP contribution in [-0.4, -0.2) is 35.2 Å². The summed E-state index contributed by atoms with van der Waals surface area (Å²) >= 11 is 0. The highest BCUT2D eigenvalue weighted by Crippen LogP contribution is 2.39. The van der Waals surface area contributed by atoms with Crippen molar-refractivity contribution < 1.29 is 24.2 Å². The molecule has 0 radical (unpaired) electrons. The Kier molecular flexibility index (Phi) is 4.71. The molecule has 0 bridgehead atoms. The summed E-state index contributed by atoms with van der Waals surface area (Å²) in [6, 6.07) is 12.7. The lowest BCUT2D eigenvalue weighted by atomic mass is 10.0. The predicted octanol–water partition coefficient (Wildman–Crippen LogP) is 3.41. The van der Waals surface area contributed by atoms with Gasteiger partial charge in [-0.1, -0.05) is 24.3 Å². The van der Waals surface area contributed by atoms with Crippen LogP contribution in [-0.2, 0) is 11.2 Å². The fourth-order valence-corrected chi connectivity index (χ4v) is 3.86. The van der Waals surface area contributed by atoms with Crippen LogP contribution in [0.3, 0.4) is 0 Å². The number of benzene rings is 2. The minimum atomic E-state index is -0.961. The Labute approximate surface area is 157 Å². The first-order valence-corrected chi connectivity index (χ1v) is 9.13. The van der Waals surface area contributed by atoms with Crippen LogP contribution in [0.2, 0.25) is 0 Å². The molecule has 1 amide bonds. The van der Waals surface area contributed by atoms with Crippen molar-refractivity contribution in [3.63, 3.8) is 0 Å². The summed E-state index contributed by atoms with van der Waals surface area (Å²) in [6.07, 6.45) is 2.59. The number of rotatable bonds is 5. The van der Waals surface area contributed by atoms with Crippen LogP contribution in [0.1, 0.15) is 46.8 Å². The highest BCUT2D eigenvalue weighted by atomic mass is 16.7. The number of carboxylic acids is 1. The van der Waals surface area contributed by atoms with Gasteiger partial charge in [0.05, 0.1) is 11.6 Å². The average Bonchev–Trinajstić information content (AvgIpc) is 3.34. The van der Waals surface area contributed by atoms with Crippen LogP contribution >= 0.6 is 0 Å². The van der Waals surface area contributed by atoms with Crippen LogP contribution in [0.15, 0.2) is 42.5 Å². The first-order valence-electron chi connectivity index (χ1n) is 9.13. The van der Waals surface area contributed by atoms with Gasteiger partial charge in [0.15, 0.2) is 11.5 Å². The van der Waals surface area contributed by atoms with E-state index in [0.717, 1.165) is 36.4 Å². The van der Waals surface area contributed by atoms with Gasteiger partial charge < -0.3 is 19.5 Å². The third-order valence-electron chi connectivity index (χ3n) is 5.21. The van der Waals surface area contributed by atoms with E-state index in [9.17, 15) is 14.7 Å². The number of ether oxygens (including phenoxy) is 2. The van der Waals surface area contributed by atoms with Crippen molar-refractivity contribution in [2.45, 2.75) is 31.7 Å². The fraction of sp³-hybridized carbons (Fsp3) is 0.333. The van der Waals surface area contributed by atoms with E-state index >= 15 is 0 Å². The van der Waals surface area contributed by atoms with Crippen molar-refractivity contribution in [2.24, 2.45) is 0 Å². The smallest absolute Gasteiger partial charge is 0.335 e. The summed E-state index contributed by atoms with van der Waals surface area (Å²) in [5.41, 5.74) is 2.01. The number of nitrogens with zero attached hydrogens (tertiary/aromatic N) is 1. The zero-order valence-corrected chi connectivity index (χ0v) is 14.9. The minimum Gasteiger partial charge on any atom is -0.478 e. The van der Waals surface area contributed by atoms with Crippen LogP contribution in [0.25, 0.3) is 0 Å². The molecule has 2 aliphatic heterocycles. The van der Waals surface area contributed by atoms with E-state index in [1.54, 1.807) is 24.3 Å². The van der Waals surface area contributed by atoms with Gasteiger partial charge >= 0.3 is 5.97 Å². The molecule has 1 atom stereocenters. The van der Waals surface area contributed by atoms with Crippen LogP contribution in [0, 0.1) is 0 Å². The summed E-state index contributed by atoms with van der Waals surface area (Å²) in [6.45, 7) is 0.952. The second-order valence-corrected chi connectivity index (χ2v) is 6.82. The Morgan fingerprint density at radius 1 is 1.11 bits per heavy atom. The molecule has 6 nitrogen and oxygen atoms in total. The zero-order chi connectivity index (χ0) is 18.8. The third kappa shape index (κ3) is 3.47. The summed E-state index contributed by atoms with van der Waals surface area (Å²) in [7, 11) is 0. The molecule has 1 unspecified atom stereocenters. The molecular weight excluding hydrogens is 346 g/mol. The molecule has 2 aliphatic rings. The highest BCUT2D eigenvalue weighted by molar-refractivity contribution is 5.89. The molecule has 1 N–H and O–H groups in total. The monoisotopic (exact) mass is 367 g/mol. The summed E-state index contributed by atoms with van der Waals surface area (Å²) in [4.78, 5) is 26.1. The van der Waals surface area contributed by atoms with Gasteiger partial charge in [-0.3, -0.25) is 4.79 Å². The number of hydrogen-bond donors (Lipinski definition) is 1. The highest BCUT2D eigenvalue weighted by Gasteiger charge is 2.31. The van der Waals surface area contributed by atoms with Gasteiger partial charge in [-0.25, -0.2) is 4.79 Å². The van der Waals surface area contributed by atoms with Gasteiger partial charge in [-0.15, -0.1) is 0 Å². The molecule has 2 aromatic rings. The van der Waals surface area contributed by atoms with E-state index in [2.05, 4.69) is 0 Å². The average molecular weight is 367 g/mol. The molecule has 140 valence electrons. The van der Waals surface area contributed by atoms with Crippen molar-refractivity contribution in [2.75, 3.05) is 13.3 Å². The van der Waals surface area contributed by atoms with E-state index < -0.39 is 5.97 Å².